The lowest BCUT2D eigenvalue weighted by atomic mass is 9.82. The number of hydrogen-bond acceptors (Lipinski definition) is 4. The summed E-state index contributed by atoms with van der Waals surface area (Å²) in [5.41, 5.74) is 0.861. The fraction of sp³-hybridized carbons (Fsp3) is 0.333. The predicted octanol–water partition coefficient (Wildman–Crippen LogP) is 4.65. The Morgan fingerprint density at radius 2 is 1.89 bits per heavy atom. The minimum absolute atomic E-state index is 0.0402. The van der Waals surface area contributed by atoms with Gasteiger partial charge in [-0.2, -0.15) is 0 Å². The number of amides is 1. The van der Waals surface area contributed by atoms with E-state index in [-0.39, 0.29) is 11.9 Å². The molecule has 1 saturated heterocycles. The number of aryl methyl sites for hydroxylation is 1. The van der Waals surface area contributed by atoms with Gasteiger partial charge in [0.15, 0.2) is 5.78 Å². The molecule has 4 rings (SSSR count). The Bertz CT molecular complexity index is 889. The maximum atomic E-state index is 12.6. The summed E-state index contributed by atoms with van der Waals surface area (Å²) in [6, 6.07) is 12.5. The molecule has 0 unspecified atom stereocenters. The van der Waals surface area contributed by atoms with Crippen molar-refractivity contribution in [1.82, 2.24) is 4.90 Å². The maximum Gasteiger partial charge on any atom is 0.415 e. The molecule has 1 amide bonds. The summed E-state index contributed by atoms with van der Waals surface area (Å²) >= 11 is 6.14. The summed E-state index contributed by atoms with van der Waals surface area (Å²) in [5.74, 6) is 1.15. The zero-order valence-corrected chi connectivity index (χ0v) is 15.8. The molecule has 2 aliphatic rings. The Morgan fingerprint density at radius 1 is 1.19 bits per heavy atom. The lowest BCUT2D eigenvalue weighted by Crippen LogP contribution is -2.52. The summed E-state index contributed by atoms with van der Waals surface area (Å²) in [5, 5.41) is 0.570. The normalized spacial score (nSPS) is 18.0. The molecule has 0 radical (unpaired) electrons. The van der Waals surface area contributed by atoms with Crippen LogP contribution in [0, 0.1) is 6.92 Å². The van der Waals surface area contributed by atoms with Crippen LogP contribution in [0.3, 0.4) is 0 Å². The molecular weight excluding hydrogens is 366 g/mol. The third kappa shape index (κ3) is 3.52. The first kappa shape index (κ1) is 17.9. The predicted molar refractivity (Wildman–Crippen MR) is 102 cm³/mol. The standard InChI is InChI=1S/C21H20ClNO4/c1-14-11-19-16(12-17(14)22)18(24)13-21(27-19)7-9-23(10-8-21)20(25)26-15-5-3-2-4-6-15/h2-6,11-12H,7-10,13H2,1H3. The Hall–Kier alpha value is -2.53. The average Bonchev–Trinajstić information content (AvgIpc) is 2.65. The lowest BCUT2D eigenvalue weighted by molar-refractivity contribution is -0.00442. The molecule has 0 bridgehead atoms. The summed E-state index contributed by atoms with van der Waals surface area (Å²) in [7, 11) is 0. The molecule has 2 heterocycles. The van der Waals surface area contributed by atoms with Crippen molar-refractivity contribution in [1.29, 1.82) is 0 Å². The minimum Gasteiger partial charge on any atom is -0.486 e. The molecule has 0 atom stereocenters. The second kappa shape index (κ2) is 6.89. The van der Waals surface area contributed by atoms with Crippen molar-refractivity contribution >= 4 is 23.5 Å². The minimum atomic E-state index is -0.562. The fourth-order valence-electron chi connectivity index (χ4n) is 3.64. The molecule has 2 aliphatic heterocycles. The lowest BCUT2D eigenvalue weighted by Gasteiger charge is -2.43. The summed E-state index contributed by atoms with van der Waals surface area (Å²) in [6.07, 6.45) is 1.11. The highest BCUT2D eigenvalue weighted by atomic mass is 35.5. The van der Waals surface area contributed by atoms with Gasteiger partial charge in [-0.15, -0.1) is 0 Å². The van der Waals surface area contributed by atoms with Crippen LogP contribution in [0.5, 0.6) is 11.5 Å². The van der Waals surface area contributed by atoms with Crippen LogP contribution in [0.1, 0.15) is 35.2 Å². The number of rotatable bonds is 1. The molecule has 6 heteroatoms. The number of carbonyl (C=O) groups is 2. The first-order chi connectivity index (χ1) is 13.0. The van der Waals surface area contributed by atoms with Gasteiger partial charge in [0.25, 0.3) is 0 Å². The number of piperidine rings is 1. The van der Waals surface area contributed by atoms with Crippen LogP contribution in [-0.2, 0) is 0 Å². The molecule has 140 valence electrons. The molecule has 0 aliphatic carbocycles. The van der Waals surface area contributed by atoms with E-state index < -0.39 is 5.60 Å². The number of benzene rings is 2. The molecule has 0 aromatic heterocycles. The van der Waals surface area contributed by atoms with E-state index in [1.54, 1.807) is 23.1 Å². The monoisotopic (exact) mass is 385 g/mol. The van der Waals surface area contributed by atoms with Gasteiger partial charge in [0.05, 0.1) is 12.0 Å². The number of Topliss-reactive ketones (excluding diaryl/α,β-unsaturated/α-hetero) is 1. The highest BCUT2D eigenvalue weighted by Gasteiger charge is 2.44. The Balaban J connectivity index is 1.45. The quantitative estimate of drug-likeness (QED) is 0.717. The van der Waals surface area contributed by atoms with Gasteiger partial charge in [-0.1, -0.05) is 29.8 Å². The van der Waals surface area contributed by atoms with Gasteiger partial charge in [-0.3, -0.25) is 4.79 Å². The second-order valence-corrected chi connectivity index (χ2v) is 7.56. The van der Waals surface area contributed by atoms with E-state index in [1.165, 1.54) is 0 Å². The molecule has 1 spiro atoms. The molecule has 2 aromatic carbocycles. The van der Waals surface area contributed by atoms with Gasteiger partial charge < -0.3 is 14.4 Å². The van der Waals surface area contributed by atoms with Crippen LogP contribution in [0.4, 0.5) is 4.79 Å². The molecule has 5 nitrogen and oxygen atoms in total. The van der Waals surface area contributed by atoms with Gasteiger partial charge in [0.1, 0.15) is 17.1 Å². The molecule has 0 saturated carbocycles. The van der Waals surface area contributed by atoms with Crippen molar-refractivity contribution in [3.8, 4) is 11.5 Å². The van der Waals surface area contributed by atoms with Gasteiger partial charge >= 0.3 is 6.09 Å². The number of para-hydroxylation sites is 1. The number of carbonyl (C=O) groups excluding carboxylic acids is 2. The van der Waals surface area contributed by atoms with Crippen molar-refractivity contribution in [3.05, 3.63) is 58.6 Å². The largest absolute Gasteiger partial charge is 0.486 e. The maximum absolute atomic E-state index is 12.6. The number of nitrogens with zero attached hydrogens (tertiary/aromatic N) is 1. The number of fused-ring (bicyclic) bond motifs is 1. The first-order valence-corrected chi connectivity index (χ1v) is 9.38. The van der Waals surface area contributed by atoms with Crippen LogP contribution in [0.15, 0.2) is 42.5 Å². The zero-order valence-electron chi connectivity index (χ0n) is 15.0. The third-order valence-corrected chi connectivity index (χ3v) is 5.66. The topological polar surface area (TPSA) is 55.8 Å². The molecular formula is C21H20ClNO4. The van der Waals surface area contributed by atoms with Crippen LogP contribution in [0.25, 0.3) is 0 Å². The molecule has 27 heavy (non-hydrogen) atoms. The van der Waals surface area contributed by atoms with Gasteiger partial charge in [0.2, 0.25) is 0 Å². The van der Waals surface area contributed by atoms with E-state index in [2.05, 4.69) is 0 Å². The van der Waals surface area contributed by atoms with E-state index in [0.717, 1.165) is 5.56 Å². The van der Waals surface area contributed by atoms with Gasteiger partial charge in [-0.25, -0.2) is 4.79 Å². The van der Waals surface area contributed by atoms with Gasteiger partial charge in [-0.05, 0) is 36.8 Å². The second-order valence-electron chi connectivity index (χ2n) is 7.15. The number of ketones is 1. The van der Waals surface area contributed by atoms with E-state index in [9.17, 15) is 9.59 Å². The fourth-order valence-corrected chi connectivity index (χ4v) is 3.81. The average molecular weight is 386 g/mol. The molecule has 1 fully saturated rings. The summed E-state index contributed by atoms with van der Waals surface area (Å²) in [6.45, 7) is 2.86. The Labute approximate surface area is 162 Å². The van der Waals surface area contributed by atoms with Crippen LogP contribution >= 0.6 is 11.6 Å². The highest BCUT2D eigenvalue weighted by Crippen LogP contribution is 2.41. The van der Waals surface area contributed by atoms with Crippen molar-refractivity contribution in [2.24, 2.45) is 0 Å². The van der Waals surface area contributed by atoms with Crippen LogP contribution in [0.2, 0.25) is 5.02 Å². The Morgan fingerprint density at radius 3 is 2.59 bits per heavy atom. The van der Waals surface area contributed by atoms with Crippen molar-refractivity contribution in [3.63, 3.8) is 0 Å². The highest BCUT2D eigenvalue weighted by molar-refractivity contribution is 6.31. The number of likely N-dealkylation sites (tertiary alicyclic amines) is 1. The van der Waals surface area contributed by atoms with Gasteiger partial charge in [0, 0.05) is 31.0 Å². The smallest absolute Gasteiger partial charge is 0.415 e. The number of hydrogen-bond donors (Lipinski definition) is 0. The number of halogens is 1. The molecule has 0 N–H and O–H groups in total. The van der Waals surface area contributed by atoms with E-state index in [0.29, 0.717) is 54.4 Å². The van der Waals surface area contributed by atoms with Crippen molar-refractivity contribution < 1.29 is 19.1 Å². The van der Waals surface area contributed by atoms with E-state index in [1.807, 2.05) is 31.2 Å². The summed E-state index contributed by atoms with van der Waals surface area (Å²) in [4.78, 5) is 26.7. The number of ether oxygens (including phenoxy) is 2. The SMILES string of the molecule is Cc1cc2c(cc1Cl)C(=O)CC1(CCN(C(=O)Oc3ccccc3)CC1)O2. The van der Waals surface area contributed by atoms with Crippen LogP contribution < -0.4 is 9.47 Å². The first-order valence-electron chi connectivity index (χ1n) is 9.00. The van der Waals surface area contributed by atoms with Crippen molar-refractivity contribution in [2.75, 3.05) is 13.1 Å². The van der Waals surface area contributed by atoms with E-state index >= 15 is 0 Å². The molecule has 2 aromatic rings. The van der Waals surface area contributed by atoms with Crippen molar-refractivity contribution in [2.45, 2.75) is 31.8 Å². The Kier molecular flexibility index (Phi) is 4.56. The van der Waals surface area contributed by atoms with Crippen LogP contribution in [-0.4, -0.2) is 35.5 Å². The zero-order chi connectivity index (χ0) is 19.0. The van der Waals surface area contributed by atoms with E-state index in [4.69, 9.17) is 21.1 Å². The third-order valence-electron chi connectivity index (χ3n) is 5.25. The summed E-state index contributed by atoms with van der Waals surface area (Å²) < 4.78 is 11.7.